The third-order valence-electron chi connectivity index (χ3n) is 2.95. The van der Waals surface area contributed by atoms with E-state index in [1.165, 1.54) is 6.92 Å². The molecule has 0 fully saturated rings. The molecule has 104 valence electrons. The van der Waals surface area contributed by atoms with Crippen molar-refractivity contribution in [3.8, 4) is 0 Å². The number of esters is 1. The van der Waals surface area contributed by atoms with Gasteiger partial charge in [-0.1, -0.05) is 11.6 Å². The maximum absolute atomic E-state index is 12.9. The van der Waals surface area contributed by atoms with E-state index in [-0.39, 0.29) is 6.61 Å². The van der Waals surface area contributed by atoms with E-state index in [1.807, 2.05) is 0 Å². The van der Waals surface area contributed by atoms with Crippen LogP contribution in [0.2, 0.25) is 0 Å². The molecule has 0 aliphatic heterocycles. The van der Waals surface area contributed by atoms with Crippen LogP contribution in [0.4, 0.5) is 13.2 Å². The Morgan fingerprint density at radius 3 is 2.56 bits per heavy atom. The Morgan fingerprint density at radius 2 is 2.11 bits per heavy atom. The van der Waals surface area contributed by atoms with E-state index in [9.17, 15) is 23.1 Å². The van der Waals surface area contributed by atoms with Crippen LogP contribution in [0.1, 0.15) is 39.0 Å². The average Bonchev–Trinajstić information content (AvgIpc) is 2.29. The summed E-state index contributed by atoms with van der Waals surface area (Å²) in [6.45, 7) is 1.20. The first-order valence-corrected chi connectivity index (χ1v) is 5.95. The largest absolute Gasteiger partial charge is 0.464 e. The minimum atomic E-state index is -5.03. The summed E-state index contributed by atoms with van der Waals surface area (Å²) in [5.74, 6) is -1.62. The lowest BCUT2D eigenvalue weighted by atomic mass is 9.88. The maximum atomic E-state index is 12.9. The second-order valence-electron chi connectivity index (χ2n) is 4.36. The first-order chi connectivity index (χ1) is 8.31. The van der Waals surface area contributed by atoms with Crippen LogP contribution in [0.5, 0.6) is 0 Å². The predicted molar refractivity (Wildman–Crippen MR) is 58.8 cm³/mol. The number of halogens is 3. The van der Waals surface area contributed by atoms with E-state index in [0.29, 0.717) is 18.4 Å². The monoisotopic (exact) mass is 266 g/mol. The van der Waals surface area contributed by atoms with Crippen LogP contribution in [0.25, 0.3) is 0 Å². The van der Waals surface area contributed by atoms with Crippen molar-refractivity contribution >= 4 is 5.97 Å². The SMILES string of the molecule is CCOC(=O)[C@](O)(CC1=CCCCC1)C(F)(F)F. The molecular weight excluding hydrogens is 249 g/mol. The number of alkyl halides is 3. The van der Waals surface area contributed by atoms with Crippen molar-refractivity contribution in [2.75, 3.05) is 6.61 Å². The molecule has 0 amide bonds. The number of hydrogen-bond acceptors (Lipinski definition) is 3. The van der Waals surface area contributed by atoms with Crippen molar-refractivity contribution in [1.29, 1.82) is 0 Å². The molecule has 1 aliphatic carbocycles. The molecule has 0 saturated heterocycles. The van der Waals surface area contributed by atoms with Gasteiger partial charge in [-0.25, -0.2) is 4.79 Å². The average molecular weight is 266 g/mol. The summed E-state index contributed by atoms with van der Waals surface area (Å²) in [4.78, 5) is 11.4. The minimum Gasteiger partial charge on any atom is -0.464 e. The Bertz CT molecular complexity index is 336. The molecular formula is C12H17F3O3. The zero-order chi connectivity index (χ0) is 13.8. The standard InChI is InChI=1S/C12H17F3O3/c1-2-18-10(16)11(17,12(13,14)15)8-9-6-4-3-5-7-9/h6,17H,2-5,7-8H2,1H3/t11-/m1/s1. The summed E-state index contributed by atoms with van der Waals surface area (Å²) < 4.78 is 42.9. The summed E-state index contributed by atoms with van der Waals surface area (Å²) in [5.41, 5.74) is -2.96. The fraction of sp³-hybridized carbons (Fsp3) is 0.750. The molecule has 0 bridgehead atoms. The molecule has 0 saturated carbocycles. The van der Waals surface area contributed by atoms with Crippen LogP contribution in [-0.4, -0.2) is 29.5 Å². The molecule has 0 radical (unpaired) electrons. The second-order valence-corrected chi connectivity index (χ2v) is 4.36. The van der Waals surface area contributed by atoms with Crippen molar-refractivity contribution in [1.82, 2.24) is 0 Å². The summed E-state index contributed by atoms with van der Waals surface area (Å²) in [7, 11) is 0. The van der Waals surface area contributed by atoms with Gasteiger partial charge in [-0.15, -0.1) is 0 Å². The fourth-order valence-electron chi connectivity index (χ4n) is 1.93. The Hall–Kier alpha value is -1.04. The van der Waals surface area contributed by atoms with Crippen molar-refractivity contribution in [3.63, 3.8) is 0 Å². The number of carbonyl (C=O) groups excluding carboxylic acids is 1. The number of rotatable bonds is 4. The van der Waals surface area contributed by atoms with Crippen molar-refractivity contribution in [3.05, 3.63) is 11.6 Å². The van der Waals surface area contributed by atoms with E-state index in [2.05, 4.69) is 4.74 Å². The molecule has 0 aromatic carbocycles. The lowest BCUT2D eigenvalue weighted by Crippen LogP contribution is -2.53. The van der Waals surface area contributed by atoms with Gasteiger partial charge in [-0.05, 0) is 32.6 Å². The Labute approximate surface area is 104 Å². The third-order valence-corrected chi connectivity index (χ3v) is 2.95. The predicted octanol–water partition coefficient (Wildman–Crippen LogP) is 2.73. The van der Waals surface area contributed by atoms with Gasteiger partial charge in [0.2, 0.25) is 0 Å². The summed E-state index contributed by atoms with van der Waals surface area (Å²) in [5, 5.41) is 9.66. The van der Waals surface area contributed by atoms with Crippen LogP contribution in [0, 0.1) is 0 Å². The van der Waals surface area contributed by atoms with Crippen molar-refractivity contribution < 1.29 is 27.8 Å². The molecule has 18 heavy (non-hydrogen) atoms. The molecule has 0 aromatic heterocycles. The van der Waals surface area contributed by atoms with Crippen molar-refractivity contribution in [2.45, 2.75) is 50.8 Å². The van der Waals surface area contributed by atoms with Gasteiger partial charge in [0.1, 0.15) is 0 Å². The highest BCUT2D eigenvalue weighted by atomic mass is 19.4. The van der Waals surface area contributed by atoms with Crippen LogP contribution < -0.4 is 0 Å². The minimum absolute atomic E-state index is 0.198. The first kappa shape index (κ1) is 15.0. The quantitative estimate of drug-likeness (QED) is 0.628. The van der Waals surface area contributed by atoms with Gasteiger partial charge < -0.3 is 9.84 Å². The highest BCUT2D eigenvalue weighted by Crippen LogP contribution is 2.38. The summed E-state index contributed by atoms with van der Waals surface area (Å²) in [6, 6.07) is 0. The summed E-state index contributed by atoms with van der Waals surface area (Å²) >= 11 is 0. The summed E-state index contributed by atoms with van der Waals surface area (Å²) in [6.07, 6.45) is -1.22. The van der Waals surface area contributed by atoms with Gasteiger partial charge in [0.05, 0.1) is 6.61 Å². The van der Waals surface area contributed by atoms with E-state index >= 15 is 0 Å². The van der Waals surface area contributed by atoms with Gasteiger partial charge in [0.15, 0.2) is 0 Å². The molecule has 1 aliphatic rings. The van der Waals surface area contributed by atoms with Crippen LogP contribution >= 0.6 is 0 Å². The van der Waals surface area contributed by atoms with Gasteiger partial charge in [0.25, 0.3) is 5.60 Å². The number of carbonyl (C=O) groups is 1. The molecule has 0 spiro atoms. The maximum Gasteiger partial charge on any atom is 0.428 e. The first-order valence-electron chi connectivity index (χ1n) is 5.95. The number of hydrogen-bond donors (Lipinski definition) is 1. The second kappa shape index (κ2) is 5.73. The molecule has 0 heterocycles. The molecule has 3 nitrogen and oxygen atoms in total. The van der Waals surface area contributed by atoms with Crippen molar-refractivity contribution in [2.24, 2.45) is 0 Å². The Kier molecular flexibility index (Phi) is 4.78. The molecule has 1 N–H and O–H groups in total. The van der Waals surface area contributed by atoms with Crippen LogP contribution in [0.3, 0.4) is 0 Å². The molecule has 6 heteroatoms. The zero-order valence-electron chi connectivity index (χ0n) is 10.2. The van der Waals surface area contributed by atoms with E-state index in [1.54, 1.807) is 6.08 Å². The van der Waals surface area contributed by atoms with Gasteiger partial charge in [-0.3, -0.25) is 0 Å². The van der Waals surface area contributed by atoms with Crippen LogP contribution in [-0.2, 0) is 9.53 Å². The molecule has 1 atom stereocenters. The zero-order valence-corrected chi connectivity index (χ0v) is 10.2. The van der Waals surface area contributed by atoms with Gasteiger partial charge >= 0.3 is 12.1 Å². The number of ether oxygens (including phenoxy) is 1. The Morgan fingerprint density at radius 1 is 1.44 bits per heavy atom. The van der Waals surface area contributed by atoms with E-state index in [4.69, 9.17) is 0 Å². The van der Waals surface area contributed by atoms with E-state index in [0.717, 1.165) is 12.8 Å². The fourth-order valence-corrected chi connectivity index (χ4v) is 1.93. The topological polar surface area (TPSA) is 46.5 Å². The normalized spacial score (nSPS) is 19.9. The molecule has 0 aromatic rings. The van der Waals surface area contributed by atoms with Crippen LogP contribution in [0.15, 0.2) is 11.6 Å². The lowest BCUT2D eigenvalue weighted by molar-refractivity contribution is -0.262. The van der Waals surface area contributed by atoms with Gasteiger partial charge in [0, 0.05) is 6.42 Å². The third kappa shape index (κ3) is 3.25. The smallest absolute Gasteiger partial charge is 0.428 e. The number of aliphatic hydroxyl groups is 1. The van der Waals surface area contributed by atoms with E-state index < -0.39 is 24.2 Å². The Balaban J connectivity index is 2.90. The van der Waals surface area contributed by atoms with Gasteiger partial charge in [-0.2, -0.15) is 13.2 Å². The molecule has 0 unspecified atom stereocenters. The molecule has 1 rings (SSSR count). The highest BCUT2D eigenvalue weighted by Gasteiger charge is 2.60. The lowest BCUT2D eigenvalue weighted by Gasteiger charge is -2.29. The highest BCUT2D eigenvalue weighted by molar-refractivity contribution is 5.80. The number of allylic oxidation sites excluding steroid dienone is 1.